The molecular formula is C30H46N2O5. The van der Waals surface area contributed by atoms with Crippen LogP contribution in [0, 0.1) is 45.8 Å². The Morgan fingerprint density at radius 1 is 1.14 bits per heavy atom. The number of piperidine rings is 1. The Bertz CT molecular complexity index is 970. The van der Waals surface area contributed by atoms with Gasteiger partial charge in [0, 0.05) is 42.9 Å². The number of imide groups is 1. The lowest BCUT2D eigenvalue weighted by Crippen LogP contribution is -2.58. The van der Waals surface area contributed by atoms with E-state index in [1.165, 1.54) is 0 Å². The second-order valence-corrected chi connectivity index (χ2v) is 13.8. The second kappa shape index (κ2) is 9.04. The van der Waals surface area contributed by atoms with Crippen molar-refractivity contribution < 1.29 is 23.9 Å². The third kappa shape index (κ3) is 3.76. The molecule has 6 rings (SSSR count). The minimum absolute atomic E-state index is 0.0120. The van der Waals surface area contributed by atoms with Crippen LogP contribution in [0.5, 0.6) is 0 Å². The maximum atomic E-state index is 14.3. The van der Waals surface area contributed by atoms with Crippen LogP contribution in [0.2, 0.25) is 0 Å². The first-order valence-electron chi connectivity index (χ1n) is 15.0. The average Bonchev–Trinajstić information content (AvgIpc) is 3.19. The van der Waals surface area contributed by atoms with Crippen molar-refractivity contribution in [1.29, 1.82) is 0 Å². The molecule has 7 nitrogen and oxygen atoms in total. The van der Waals surface area contributed by atoms with Crippen LogP contribution in [-0.4, -0.2) is 61.6 Å². The monoisotopic (exact) mass is 514 g/mol. The van der Waals surface area contributed by atoms with Gasteiger partial charge in [0.15, 0.2) is 0 Å². The topological polar surface area (TPSA) is 84.9 Å². The zero-order valence-electron chi connectivity index (χ0n) is 23.2. The van der Waals surface area contributed by atoms with Gasteiger partial charge in [-0.1, -0.05) is 33.6 Å². The van der Waals surface area contributed by atoms with E-state index in [1.54, 1.807) is 7.11 Å². The van der Waals surface area contributed by atoms with Gasteiger partial charge in [-0.05, 0) is 75.2 Å². The molecule has 2 amide bonds. The molecule has 6 fully saturated rings. The van der Waals surface area contributed by atoms with Gasteiger partial charge >= 0.3 is 6.09 Å². The number of Topliss-reactive ketones (excluding diaryl/α,β-unsaturated/α-hetero) is 1. The molecule has 0 aromatic rings. The van der Waals surface area contributed by atoms with E-state index in [4.69, 9.17) is 9.47 Å². The molecule has 2 heterocycles. The van der Waals surface area contributed by atoms with Gasteiger partial charge in [-0.3, -0.25) is 14.9 Å². The summed E-state index contributed by atoms with van der Waals surface area (Å²) in [5.41, 5.74) is -0.747. The molecule has 3 unspecified atom stereocenters. The number of amides is 2. The number of nitrogens with one attached hydrogen (secondary N) is 1. The first-order chi connectivity index (χ1) is 17.7. The number of ether oxygens (including phenoxy) is 2. The highest BCUT2D eigenvalue weighted by atomic mass is 16.6. The fraction of sp³-hybridized carbons (Fsp3) is 0.900. The number of hydrogen-bond donors (Lipinski definition) is 1. The molecule has 1 spiro atoms. The van der Waals surface area contributed by atoms with Gasteiger partial charge in [-0.25, -0.2) is 4.79 Å². The lowest BCUT2D eigenvalue weighted by atomic mass is 9.50. The molecule has 4 saturated carbocycles. The highest BCUT2D eigenvalue weighted by molar-refractivity contribution is 5.94. The zero-order chi connectivity index (χ0) is 26.2. The largest absolute Gasteiger partial charge is 0.445 e. The summed E-state index contributed by atoms with van der Waals surface area (Å²) in [4.78, 5) is 43.0. The SMILES string of the molecule is CCCC[C@]1(C)C[C@@H](OC(=O)NC(=O)[C@H]2CN3CC[C@@H]2C3)[C@]23C[C@@H]2CCC2(CC[C@@H](OC)C23)[C@@H](C)C1=O. The molecule has 11 atom stereocenters. The van der Waals surface area contributed by atoms with E-state index in [0.717, 1.165) is 77.4 Å². The lowest BCUT2D eigenvalue weighted by Gasteiger charge is -2.55. The maximum Gasteiger partial charge on any atom is 0.414 e. The van der Waals surface area contributed by atoms with Crippen LogP contribution in [0.15, 0.2) is 0 Å². The van der Waals surface area contributed by atoms with Crippen LogP contribution in [0.25, 0.3) is 0 Å². The van der Waals surface area contributed by atoms with Crippen molar-refractivity contribution >= 4 is 17.8 Å². The first kappa shape index (κ1) is 25.8. The van der Waals surface area contributed by atoms with Crippen molar-refractivity contribution in [3.63, 3.8) is 0 Å². The Hall–Kier alpha value is -1.47. The summed E-state index contributed by atoms with van der Waals surface area (Å²) in [6, 6.07) is 0. The normalized spacial score (nSPS) is 49.6. The van der Waals surface area contributed by atoms with Crippen LogP contribution in [0.4, 0.5) is 4.79 Å². The lowest BCUT2D eigenvalue weighted by molar-refractivity contribution is -0.161. The number of ketones is 1. The molecule has 37 heavy (non-hydrogen) atoms. The Kier molecular flexibility index (Phi) is 6.30. The number of hydrogen-bond acceptors (Lipinski definition) is 6. The standard InChI is InChI=1S/C30H46N2O5/c1-5-6-10-28(3)15-23(37-27(35)31-26(34)21-17-32-13-9-19(21)16-32)30-14-20(30)7-11-29(18(2)25(28)33)12-8-22(36-4)24(29)30/h18-24H,5-17H2,1-4H3,(H,31,34,35)/t18-,19+,20-,21-,22+,23+,24?,28+,29?,30-/m0/s1. The summed E-state index contributed by atoms with van der Waals surface area (Å²) in [7, 11) is 1.80. The van der Waals surface area contributed by atoms with E-state index < -0.39 is 11.5 Å². The molecule has 2 aliphatic heterocycles. The molecule has 4 aliphatic carbocycles. The first-order valence-corrected chi connectivity index (χ1v) is 15.0. The molecular weight excluding hydrogens is 468 g/mol. The van der Waals surface area contributed by atoms with Gasteiger partial charge in [-0.2, -0.15) is 0 Å². The fourth-order valence-corrected chi connectivity index (χ4v) is 10.2. The third-order valence-electron chi connectivity index (χ3n) is 12.2. The predicted molar refractivity (Wildman–Crippen MR) is 139 cm³/mol. The Balaban J connectivity index is 1.30. The fourth-order valence-electron chi connectivity index (χ4n) is 10.2. The summed E-state index contributed by atoms with van der Waals surface area (Å²) >= 11 is 0. The Morgan fingerprint density at radius 3 is 2.59 bits per heavy atom. The molecule has 6 aliphatic rings. The summed E-state index contributed by atoms with van der Waals surface area (Å²) in [5.74, 6) is 1.09. The minimum Gasteiger partial charge on any atom is -0.445 e. The van der Waals surface area contributed by atoms with Crippen LogP contribution in [0.1, 0.15) is 85.0 Å². The molecule has 0 radical (unpaired) electrons. The molecule has 2 saturated heterocycles. The van der Waals surface area contributed by atoms with Crippen molar-refractivity contribution in [2.45, 2.75) is 97.2 Å². The van der Waals surface area contributed by atoms with Gasteiger partial charge in [0.2, 0.25) is 5.91 Å². The Labute approximate surface area is 221 Å². The number of nitrogens with zero attached hydrogens (tertiary/aromatic N) is 1. The summed E-state index contributed by atoms with van der Waals surface area (Å²) < 4.78 is 12.4. The van der Waals surface area contributed by atoms with E-state index in [0.29, 0.717) is 24.0 Å². The number of carbonyl (C=O) groups excluding carboxylic acids is 3. The minimum atomic E-state index is -0.616. The highest BCUT2D eigenvalue weighted by Crippen LogP contribution is 2.78. The van der Waals surface area contributed by atoms with Crippen molar-refractivity contribution in [1.82, 2.24) is 10.2 Å². The van der Waals surface area contributed by atoms with Crippen molar-refractivity contribution in [2.24, 2.45) is 45.8 Å². The summed E-state index contributed by atoms with van der Waals surface area (Å²) in [6.45, 7) is 9.22. The number of rotatable bonds is 6. The molecule has 0 aromatic carbocycles. The van der Waals surface area contributed by atoms with Crippen LogP contribution in [0.3, 0.4) is 0 Å². The quantitative estimate of drug-likeness (QED) is 0.559. The van der Waals surface area contributed by atoms with Crippen molar-refractivity contribution in [3.05, 3.63) is 0 Å². The smallest absolute Gasteiger partial charge is 0.414 e. The van der Waals surface area contributed by atoms with Crippen molar-refractivity contribution in [2.75, 3.05) is 26.7 Å². The second-order valence-electron chi connectivity index (χ2n) is 13.8. The number of alkyl carbamates (subject to hydrolysis) is 1. The number of unbranched alkanes of at least 4 members (excludes halogenated alkanes) is 1. The van der Waals surface area contributed by atoms with Crippen LogP contribution < -0.4 is 5.32 Å². The van der Waals surface area contributed by atoms with E-state index in [-0.39, 0.29) is 46.7 Å². The van der Waals surface area contributed by atoms with Crippen LogP contribution in [-0.2, 0) is 19.1 Å². The maximum absolute atomic E-state index is 14.3. The molecule has 4 bridgehead atoms. The van der Waals surface area contributed by atoms with Gasteiger partial charge in [0.1, 0.15) is 11.9 Å². The number of carbonyl (C=O) groups is 3. The van der Waals surface area contributed by atoms with E-state index >= 15 is 0 Å². The molecule has 0 aromatic heterocycles. The third-order valence-corrected chi connectivity index (χ3v) is 12.2. The summed E-state index contributed by atoms with van der Waals surface area (Å²) in [6.07, 6.45) is 8.71. The summed E-state index contributed by atoms with van der Waals surface area (Å²) in [5, 5.41) is 2.63. The molecule has 206 valence electrons. The van der Waals surface area contributed by atoms with E-state index in [1.807, 2.05) is 0 Å². The molecule has 7 heteroatoms. The Morgan fingerprint density at radius 2 is 1.92 bits per heavy atom. The van der Waals surface area contributed by atoms with Gasteiger partial charge in [-0.15, -0.1) is 0 Å². The zero-order valence-corrected chi connectivity index (χ0v) is 23.2. The van der Waals surface area contributed by atoms with Crippen LogP contribution >= 0.6 is 0 Å². The number of fused-ring (bicyclic) bond motifs is 2. The van der Waals surface area contributed by atoms with Gasteiger partial charge in [0.25, 0.3) is 0 Å². The van der Waals surface area contributed by atoms with E-state index in [2.05, 4.69) is 31.0 Å². The average molecular weight is 515 g/mol. The number of methoxy groups -OCH3 is 1. The predicted octanol–water partition coefficient (Wildman–Crippen LogP) is 4.58. The molecule has 1 N–H and O–H groups in total. The van der Waals surface area contributed by atoms with Gasteiger partial charge in [0.05, 0.1) is 12.0 Å². The van der Waals surface area contributed by atoms with Gasteiger partial charge < -0.3 is 14.4 Å². The van der Waals surface area contributed by atoms with E-state index in [9.17, 15) is 14.4 Å². The highest BCUT2D eigenvalue weighted by Gasteiger charge is 2.77. The van der Waals surface area contributed by atoms with Crippen molar-refractivity contribution in [3.8, 4) is 0 Å².